The van der Waals surface area contributed by atoms with Gasteiger partial charge >= 0.3 is 0 Å². The number of anilines is 1. The molecule has 0 unspecified atom stereocenters. The minimum atomic E-state index is -3.64. The Morgan fingerprint density at radius 3 is 2.53 bits per heavy atom. The molecule has 0 saturated carbocycles. The van der Waals surface area contributed by atoms with Gasteiger partial charge in [0.05, 0.1) is 5.69 Å². The van der Waals surface area contributed by atoms with Gasteiger partial charge in [-0.15, -0.1) is 0 Å². The smallest absolute Gasteiger partial charge is 0.262 e. The van der Waals surface area contributed by atoms with Gasteiger partial charge in [-0.1, -0.05) is 6.92 Å². The summed E-state index contributed by atoms with van der Waals surface area (Å²) in [6.07, 6.45) is 2.13. The third-order valence-electron chi connectivity index (χ3n) is 3.12. The zero-order valence-electron chi connectivity index (χ0n) is 10.6. The first-order chi connectivity index (χ1) is 7.73. The lowest BCUT2D eigenvalue weighted by Gasteiger charge is -2.33. The number of nitrogen functional groups attached to an aromatic ring is 1. The van der Waals surface area contributed by atoms with E-state index < -0.39 is 15.6 Å². The molecule has 0 radical (unpaired) electrons. The molecule has 0 bridgehead atoms. The van der Waals surface area contributed by atoms with Crippen molar-refractivity contribution in [1.29, 1.82) is 0 Å². The molecule has 0 aliphatic carbocycles. The van der Waals surface area contributed by atoms with E-state index in [9.17, 15) is 8.42 Å². The molecule has 1 rings (SSSR count). The molecule has 1 heterocycles. The number of hydrogen-bond acceptors (Lipinski definition) is 4. The topological polar surface area (TPSA) is 76.3 Å². The van der Waals surface area contributed by atoms with Crippen molar-refractivity contribution in [2.45, 2.75) is 37.8 Å². The van der Waals surface area contributed by atoms with E-state index in [-0.39, 0.29) is 10.7 Å². The zero-order chi connectivity index (χ0) is 13.3. The van der Waals surface area contributed by atoms with Crippen LogP contribution < -0.4 is 5.73 Å². The first-order valence-electron chi connectivity index (χ1n) is 5.43. The first-order valence-corrected chi connectivity index (χ1v) is 6.87. The highest BCUT2D eigenvalue weighted by Gasteiger charge is 2.34. The quantitative estimate of drug-likeness (QED) is 0.886. The van der Waals surface area contributed by atoms with Crippen LogP contribution in [0.2, 0.25) is 0 Å². The van der Waals surface area contributed by atoms with Crippen LogP contribution in [0.4, 0.5) is 5.69 Å². The normalized spacial score (nSPS) is 13.0. The Kier molecular flexibility index (Phi) is 3.78. The second-order valence-electron chi connectivity index (χ2n) is 4.54. The number of nitrogens with two attached hydrogens (primary N) is 1. The van der Waals surface area contributed by atoms with E-state index >= 15 is 0 Å². The summed E-state index contributed by atoms with van der Waals surface area (Å²) in [6.45, 7) is 5.67. The lowest BCUT2D eigenvalue weighted by Crippen LogP contribution is -2.44. The average molecular weight is 257 g/mol. The van der Waals surface area contributed by atoms with Crippen LogP contribution in [-0.4, -0.2) is 30.3 Å². The zero-order valence-corrected chi connectivity index (χ0v) is 11.5. The van der Waals surface area contributed by atoms with Crippen molar-refractivity contribution in [3.05, 3.63) is 18.3 Å². The summed E-state index contributed by atoms with van der Waals surface area (Å²) in [4.78, 5) is 3.86. The maximum Gasteiger partial charge on any atom is 0.262 e. The van der Waals surface area contributed by atoms with Crippen LogP contribution in [0.3, 0.4) is 0 Å². The second kappa shape index (κ2) is 4.62. The molecule has 17 heavy (non-hydrogen) atoms. The van der Waals surface area contributed by atoms with Gasteiger partial charge < -0.3 is 5.73 Å². The predicted molar refractivity (Wildman–Crippen MR) is 68.0 cm³/mol. The molecule has 0 saturated heterocycles. The summed E-state index contributed by atoms with van der Waals surface area (Å²) in [5.74, 6) is 0. The summed E-state index contributed by atoms with van der Waals surface area (Å²) >= 11 is 0. The van der Waals surface area contributed by atoms with E-state index in [4.69, 9.17) is 5.73 Å². The molecule has 0 amide bonds. The maximum atomic E-state index is 12.3. The van der Waals surface area contributed by atoms with Crippen molar-refractivity contribution in [3.8, 4) is 0 Å². The molecule has 0 atom stereocenters. The van der Waals surface area contributed by atoms with Gasteiger partial charge in [0.25, 0.3) is 10.0 Å². The van der Waals surface area contributed by atoms with Crippen molar-refractivity contribution in [1.82, 2.24) is 9.29 Å². The lowest BCUT2D eigenvalue weighted by molar-refractivity contribution is 0.256. The Morgan fingerprint density at radius 2 is 2.06 bits per heavy atom. The number of hydrogen-bond donors (Lipinski definition) is 1. The molecule has 0 spiro atoms. The Hall–Kier alpha value is -1.14. The number of sulfonamides is 1. The van der Waals surface area contributed by atoms with E-state index in [1.54, 1.807) is 13.1 Å². The summed E-state index contributed by atoms with van der Waals surface area (Å²) in [6, 6.07) is 3.14. The van der Waals surface area contributed by atoms with E-state index in [0.29, 0.717) is 6.42 Å². The summed E-state index contributed by atoms with van der Waals surface area (Å²) in [5, 5.41) is -0.0796. The Bertz CT molecular complexity index is 497. The van der Waals surface area contributed by atoms with Gasteiger partial charge in [0, 0.05) is 18.8 Å². The van der Waals surface area contributed by atoms with E-state index in [0.717, 1.165) is 0 Å². The van der Waals surface area contributed by atoms with Crippen molar-refractivity contribution >= 4 is 15.7 Å². The van der Waals surface area contributed by atoms with Crippen LogP contribution in [-0.2, 0) is 10.0 Å². The SMILES string of the molecule is CCC(C)(C)N(C)S(=O)(=O)c1ncccc1N. The maximum absolute atomic E-state index is 12.3. The van der Waals surface area contributed by atoms with Crippen molar-refractivity contribution < 1.29 is 8.42 Å². The van der Waals surface area contributed by atoms with E-state index in [2.05, 4.69) is 4.98 Å². The molecule has 0 aliphatic heterocycles. The Balaban J connectivity index is 3.26. The van der Waals surface area contributed by atoms with Gasteiger partial charge in [0.2, 0.25) is 0 Å². The molecule has 6 heteroatoms. The van der Waals surface area contributed by atoms with Gasteiger partial charge in [0.1, 0.15) is 0 Å². The van der Waals surface area contributed by atoms with Crippen LogP contribution in [0.15, 0.2) is 23.4 Å². The lowest BCUT2D eigenvalue weighted by atomic mass is 10.0. The highest BCUT2D eigenvalue weighted by atomic mass is 32.2. The standard InChI is InChI=1S/C11H19N3O2S/c1-5-11(2,3)14(4)17(15,16)10-9(12)7-6-8-13-10/h6-8H,5,12H2,1-4H3. The fraction of sp³-hybridized carbons (Fsp3) is 0.545. The van der Waals surface area contributed by atoms with Gasteiger partial charge in [-0.05, 0) is 32.4 Å². The van der Waals surface area contributed by atoms with Crippen molar-refractivity contribution in [2.75, 3.05) is 12.8 Å². The van der Waals surface area contributed by atoms with Crippen molar-refractivity contribution in [2.24, 2.45) is 0 Å². The molecular weight excluding hydrogens is 238 g/mol. The largest absolute Gasteiger partial charge is 0.396 e. The fourth-order valence-corrected chi connectivity index (χ4v) is 2.90. The predicted octanol–water partition coefficient (Wildman–Crippen LogP) is 1.47. The third kappa shape index (κ3) is 2.58. The fourth-order valence-electron chi connectivity index (χ4n) is 1.30. The highest BCUT2D eigenvalue weighted by Crippen LogP contribution is 2.26. The van der Waals surface area contributed by atoms with Crippen LogP contribution in [0.1, 0.15) is 27.2 Å². The van der Waals surface area contributed by atoms with E-state index in [1.807, 2.05) is 20.8 Å². The molecule has 1 aromatic rings. The third-order valence-corrected chi connectivity index (χ3v) is 5.17. The van der Waals surface area contributed by atoms with E-state index in [1.165, 1.54) is 16.6 Å². The molecular formula is C11H19N3O2S. The van der Waals surface area contributed by atoms with Crippen LogP contribution >= 0.6 is 0 Å². The summed E-state index contributed by atoms with van der Waals surface area (Å²) < 4.78 is 26.0. The summed E-state index contributed by atoms with van der Waals surface area (Å²) in [5.41, 5.74) is 5.36. The van der Waals surface area contributed by atoms with Crippen molar-refractivity contribution in [3.63, 3.8) is 0 Å². The molecule has 1 aromatic heterocycles. The van der Waals surface area contributed by atoms with Crippen LogP contribution in [0.5, 0.6) is 0 Å². The van der Waals surface area contributed by atoms with Crippen LogP contribution in [0.25, 0.3) is 0 Å². The molecule has 0 aliphatic rings. The Morgan fingerprint density at radius 1 is 1.47 bits per heavy atom. The highest BCUT2D eigenvalue weighted by molar-refractivity contribution is 7.89. The molecule has 5 nitrogen and oxygen atoms in total. The van der Waals surface area contributed by atoms with Gasteiger partial charge in [-0.3, -0.25) is 0 Å². The minimum absolute atomic E-state index is 0.0796. The monoisotopic (exact) mass is 257 g/mol. The number of pyridine rings is 1. The number of rotatable bonds is 4. The molecule has 2 N–H and O–H groups in total. The summed E-state index contributed by atoms with van der Waals surface area (Å²) in [7, 11) is -2.09. The van der Waals surface area contributed by atoms with Gasteiger partial charge in [-0.25, -0.2) is 13.4 Å². The van der Waals surface area contributed by atoms with Gasteiger partial charge in [0.15, 0.2) is 5.03 Å². The first kappa shape index (κ1) is 13.9. The second-order valence-corrected chi connectivity index (χ2v) is 6.42. The number of nitrogens with zero attached hydrogens (tertiary/aromatic N) is 2. The molecule has 0 aromatic carbocycles. The van der Waals surface area contributed by atoms with Crippen LogP contribution in [0, 0.1) is 0 Å². The molecule has 0 fully saturated rings. The minimum Gasteiger partial charge on any atom is -0.396 e. The van der Waals surface area contributed by atoms with Gasteiger partial charge in [-0.2, -0.15) is 4.31 Å². The Labute approximate surface area is 103 Å². The average Bonchev–Trinajstić information content (AvgIpc) is 2.28. The number of aromatic nitrogens is 1. The molecule has 96 valence electrons.